The molecule has 0 aliphatic rings. The van der Waals surface area contributed by atoms with Gasteiger partial charge in [0.2, 0.25) is 0 Å². The lowest BCUT2D eigenvalue weighted by molar-refractivity contribution is 0.629. The summed E-state index contributed by atoms with van der Waals surface area (Å²) in [6.07, 6.45) is 0. The number of nitrogens with zero attached hydrogens (tertiary/aromatic N) is 1. The van der Waals surface area contributed by atoms with Gasteiger partial charge in [-0.1, -0.05) is 15.9 Å². The maximum absolute atomic E-state index is 12.9. The average Bonchev–Trinajstić information content (AvgIpc) is 1.96. The number of rotatable bonds is 1. The molecular weight excluding hydrogens is 225 g/mol. The molecule has 0 unspecified atom stereocenters. The van der Waals surface area contributed by atoms with Crippen LogP contribution in [0.5, 0.6) is 0 Å². The molecule has 0 aromatic heterocycles. The fraction of sp³-hybridized carbons (Fsp3) is 0. The number of guanidine groups is 1. The predicted molar refractivity (Wildman–Crippen MR) is 49.6 cm³/mol. The average molecular weight is 232 g/mol. The van der Waals surface area contributed by atoms with Gasteiger partial charge in [0.25, 0.3) is 0 Å². The lowest BCUT2D eigenvalue weighted by Gasteiger charge is -1.97. The second-order valence-corrected chi connectivity index (χ2v) is 3.05. The highest BCUT2D eigenvalue weighted by atomic mass is 79.9. The van der Waals surface area contributed by atoms with E-state index in [2.05, 4.69) is 20.9 Å². The quantitative estimate of drug-likeness (QED) is 0.569. The van der Waals surface area contributed by atoms with Crippen LogP contribution >= 0.6 is 15.9 Å². The second-order valence-electron chi connectivity index (χ2n) is 2.13. The topological polar surface area (TPSA) is 64.4 Å². The number of hydrogen-bond donors (Lipinski definition) is 2. The summed E-state index contributed by atoms with van der Waals surface area (Å²) >= 11 is 3.17. The third-order valence-corrected chi connectivity index (χ3v) is 1.65. The van der Waals surface area contributed by atoms with E-state index >= 15 is 0 Å². The zero-order valence-corrected chi connectivity index (χ0v) is 7.68. The van der Waals surface area contributed by atoms with Gasteiger partial charge in [0.1, 0.15) is 11.5 Å². The van der Waals surface area contributed by atoms with Crippen LogP contribution in [0, 0.1) is 5.82 Å². The van der Waals surface area contributed by atoms with Crippen LogP contribution in [0.1, 0.15) is 0 Å². The molecule has 0 radical (unpaired) electrons. The van der Waals surface area contributed by atoms with Crippen LogP contribution in [0.4, 0.5) is 10.1 Å². The molecule has 0 bridgehead atoms. The van der Waals surface area contributed by atoms with Crippen molar-refractivity contribution in [3.05, 3.63) is 28.5 Å². The number of nitrogens with two attached hydrogens (primary N) is 2. The zero-order valence-electron chi connectivity index (χ0n) is 6.09. The highest BCUT2D eigenvalue weighted by molar-refractivity contribution is 9.10. The van der Waals surface area contributed by atoms with E-state index in [-0.39, 0.29) is 11.6 Å². The maximum Gasteiger partial charge on any atom is 0.191 e. The molecule has 12 heavy (non-hydrogen) atoms. The number of aliphatic imine (C=N–C) groups is 1. The number of benzene rings is 1. The Labute approximate surface area is 77.4 Å². The summed E-state index contributed by atoms with van der Waals surface area (Å²) in [5.41, 5.74) is 10.3. The van der Waals surface area contributed by atoms with E-state index in [0.29, 0.717) is 0 Å². The largest absolute Gasteiger partial charge is 0.370 e. The number of hydrogen-bond acceptors (Lipinski definition) is 1. The Kier molecular flexibility index (Phi) is 2.65. The minimum Gasteiger partial charge on any atom is -0.370 e. The molecule has 0 heterocycles. The monoisotopic (exact) mass is 231 g/mol. The Morgan fingerprint density at radius 3 is 2.67 bits per heavy atom. The van der Waals surface area contributed by atoms with Gasteiger partial charge in [0, 0.05) is 4.47 Å². The van der Waals surface area contributed by atoms with Gasteiger partial charge in [-0.2, -0.15) is 0 Å². The Balaban J connectivity index is 3.14. The fourth-order valence-corrected chi connectivity index (χ4v) is 1.06. The first kappa shape index (κ1) is 8.99. The second kappa shape index (κ2) is 3.53. The summed E-state index contributed by atoms with van der Waals surface area (Å²) in [7, 11) is 0. The van der Waals surface area contributed by atoms with E-state index in [9.17, 15) is 4.39 Å². The summed E-state index contributed by atoms with van der Waals surface area (Å²) in [5, 5.41) is 0. The highest BCUT2D eigenvalue weighted by Gasteiger charge is 2.00. The lowest BCUT2D eigenvalue weighted by Crippen LogP contribution is -2.22. The Morgan fingerprint density at radius 1 is 1.42 bits per heavy atom. The van der Waals surface area contributed by atoms with E-state index < -0.39 is 5.82 Å². The van der Waals surface area contributed by atoms with Crippen LogP contribution in [-0.2, 0) is 0 Å². The molecule has 0 aliphatic carbocycles. The Hall–Kier alpha value is -1.10. The van der Waals surface area contributed by atoms with Crippen molar-refractivity contribution in [3.8, 4) is 0 Å². The Bertz CT molecular complexity index is 320. The molecule has 1 aromatic carbocycles. The fourth-order valence-electron chi connectivity index (χ4n) is 0.711. The molecule has 0 saturated heterocycles. The summed E-state index contributed by atoms with van der Waals surface area (Å²) < 4.78 is 13.6. The van der Waals surface area contributed by atoms with Gasteiger partial charge in [0.05, 0.1) is 0 Å². The van der Waals surface area contributed by atoms with Crippen LogP contribution in [0.15, 0.2) is 27.7 Å². The molecule has 0 saturated carbocycles. The van der Waals surface area contributed by atoms with Gasteiger partial charge in [-0.3, -0.25) is 0 Å². The molecule has 0 fully saturated rings. The van der Waals surface area contributed by atoms with E-state index in [0.717, 1.165) is 4.47 Å². The molecule has 0 amide bonds. The molecule has 64 valence electrons. The summed E-state index contributed by atoms with van der Waals surface area (Å²) in [6.45, 7) is 0. The normalized spacial score (nSPS) is 9.50. The molecule has 1 rings (SSSR count). The Morgan fingerprint density at radius 2 is 2.08 bits per heavy atom. The van der Waals surface area contributed by atoms with Crippen molar-refractivity contribution >= 4 is 27.6 Å². The van der Waals surface area contributed by atoms with Crippen LogP contribution in [0.3, 0.4) is 0 Å². The summed E-state index contributed by atoms with van der Waals surface area (Å²) in [6, 6.07) is 4.35. The molecule has 0 aliphatic heterocycles. The molecule has 0 spiro atoms. The van der Waals surface area contributed by atoms with Crippen LogP contribution in [0.25, 0.3) is 0 Å². The van der Waals surface area contributed by atoms with Crippen molar-refractivity contribution in [2.75, 3.05) is 0 Å². The predicted octanol–water partition coefficient (Wildman–Crippen LogP) is 1.49. The maximum atomic E-state index is 12.9. The van der Waals surface area contributed by atoms with Gasteiger partial charge in [-0.15, -0.1) is 0 Å². The van der Waals surface area contributed by atoms with E-state index in [4.69, 9.17) is 11.5 Å². The van der Waals surface area contributed by atoms with Crippen LogP contribution in [-0.4, -0.2) is 5.96 Å². The highest BCUT2D eigenvalue weighted by Crippen LogP contribution is 2.22. The van der Waals surface area contributed by atoms with Crippen molar-refractivity contribution in [3.63, 3.8) is 0 Å². The first-order chi connectivity index (χ1) is 5.59. The van der Waals surface area contributed by atoms with E-state index in [1.807, 2.05) is 0 Å². The first-order valence-electron chi connectivity index (χ1n) is 3.14. The van der Waals surface area contributed by atoms with E-state index in [1.54, 1.807) is 6.07 Å². The minimum atomic E-state index is -0.452. The SMILES string of the molecule is NC(N)=Nc1cc(Br)ccc1F. The van der Waals surface area contributed by atoms with Crippen molar-refractivity contribution in [1.29, 1.82) is 0 Å². The summed E-state index contributed by atoms with van der Waals surface area (Å²) in [4.78, 5) is 3.59. The van der Waals surface area contributed by atoms with Crippen LogP contribution in [0.2, 0.25) is 0 Å². The minimum absolute atomic E-state index is 0.129. The molecule has 4 N–H and O–H groups in total. The van der Waals surface area contributed by atoms with Crippen molar-refractivity contribution in [2.24, 2.45) is 16.5 Å². The van der Waals surface area contributed by atoms with E-state index in [1.165, 1.54) is 12.1 Å². The number of halogens is 2. The van der Waals surface area contributed by atoms with Crippen molar-refractivity contribution in [1.82, 2.24) is 0 Å². The van der Waals surface area contributed by atoms with Gasteiger partial charge >= 0.3 is 0 Å². The zero-order chi connectivity index (χ0) is 9.14. The van der Waals surface area contributed by atoms with Gasteiger partial charge in [0.15, 0.2) is 5.96 Å². The molecule has 0 atom stereocenters. The molecular formula is C7H7BrFN3. The lowest BCUT2D eigenvalue weighted by atomic mass is 10.3. The first-order valence-corrected chi connectivity index (χ1v) is 3.93. The summed E-state index contributed by atoms with van der Waals surface area (Å²) in [5.74, 6) is -0.612. The molecule has 5 heteroatoms. The van der Waals surface area contributed by atoms with Crippen molar-refractivity contribution < 1.29 is 4.39 Å². The van der Waals surface area contributed by atoms with Gasteiger partial charge in [-0.05, 0) is 18.2 Å². The molecule has 1 aromatic rings. The van der Waals surface area contributed by atoms with Gasteiger partial charge < -0.3 is 11.5 Å². The molecule has 3 nitrogen and oxygen atoms in total. The third kappa shape index (κ3) is 2.20. The smallest absolute Gasteiger partial charge is 0.191 e. The van der Waals surface area contributed by atoms with Crippen molar-refractivity contribution in [2.45, 2.75) is 0 Å². The standard InChI is InChI=1S/C7H7BrFN3/c8-4-1-2-5(9)6(3-4)12-7(10)11/h1-3H,(H4,10,11,12). The van der Waals surface area contributed by atoms with Gasteiger partial charge in [-0.25, -0.2) is 9.38 Å². The third-order valence-electron chi connectivity index (χ3n) is 1.16. The van der Waals surface area contributed by atoms with Crippen LogP contribution < -0.4 is 11.5 Å².